The molecule has 0 aromatic heterocycles. The van der Waals surface area contributed by atoms with Crippen molar-refractivity contribution in [3.8, 4) is 11.8 Å². The Hall–Kier alpha value is -2.06. The van der Waals surface area contributed by atoms with Crippen molar-refractivity contribution in [1.29, 1.82) is 0 Å². The minimum atomic E-state index is -0.491. The number of nitro benzene ring substituents is 1. The third kappa shape index (κ3) is 2.45. The summed E-state index contributed by atoms with van der Waals surface area (Å²) in [5.74, 6) is 5.06. The standard InChI is InChI=1S/C10H10N2O3/c1-7-5-8(3-2-4-13)9(11)6-10(7)12(14)15/h5-6,13H,4,11H2,1H3. The van der Waals surface area contributed by atoms with Gasteiger partial charge in [-0.3, -0.25) is 10.1 Å². The molecule has 0 atom stereocenters. The molecule has 3 N–H and O–H groups in total. The molecular weight excluding hydrogens is 196 g/mol. The SMILES string of the molecule is Cc1cc(C#CCO)c(N)cc1[N+](=O)[O-]. The number of aryl methyl sites for hydroxylation is 1. The van der Waals surface area contributed by atoms with Crippen molar-refractivity contribution in [2.45, 2.75) is 6.92 Å². The number of hydrogen-bond donors (Lipinski definition) is 2. The molecule has 0 fully saturated rings. The molecule has 15 heavy (non-hydrogen) atoms. The monoisotopic (exact) mass is 206 g/mol. The minimum Gasteiger partial charge on any atom is -0.398 e. The first-order valence-electron chi connectivity index (χ1n) is 4.20. The van der Waals surface area contributed by atoms with Crippen LogP contribution in [0.25, 0.3) is 0 Å². The fourth-order valence-electron chi connectivity index (χ4n) is 1.15. The summed E-state index contributed by atoms with van der Waals surface area (Å²) in [4.78, 5) is 10.1. The van der Waals surface area contributed by atoms with Crippen LogP contribution in [0.1, 0.15) is 11.1 Å². The zero-order valence-electron chi connectivity index (χ0n) is 8.15. The van der Waals surface area contributed by atoms with Gasteiger partial charge < -0.3 is 10.8 Å². The Bertz CT molecular complexity index is 458. The molecule has 5 heteroatoms. The van der Waals surface area contributed by atoms with Gasteiger partial charge in [-0.1, -0.05) is 11.8 Å². The molecule has 0 amide bonds. The van der Waals surface area contributed by atoms with Gasteiger partial charge in [0.2, 0.25) is 0 Å². The maximum atomic E-state index is 10.6. The van der Waals surface area contributed by atoms with Gasteiger partial charge in [-0.25, -0.2) is 0 Å². The van der Waals surface area contributed by atoms with Gasteiger partial charge >= 0.3 is 0 Å². The van der Waals surface area contributed by atoms with Crippen LogP contribution in [-0.2, 0) is 0 Å². The maximum absolute atomic E-state index is 10.6. The van der Waals surface area contributed by atoms with Crippen LogP contribution in [-0.4, -0.2) is 16.6 Å². The lowest BCUT2D eigenvalue weighted by Crippen LogP contribution is -1.97. The number of benzene rings is 1. The normalized spacial score (nSPS) is 9.20. The molecule has 0 heterocycles. The number of rotatable bonds is 1. The predicted molar refractivity (Wildman–Crippen MR) is 56.2 cm³/mol. The van der Waals surface area contributed by atoms with E-state index in [1.54, 1.807) is 6.92 Å². The summed E-state index contributed by atoms with van der Waals surface area (Å²) >= 11 is 0. The summed E-state index contributed by atoms with van der Waals surface area (Å²) in [6.45, 7) is 1.34. The number of nitro groups is 1. The summed E-state index contributed by atoms with van der Waals surface area (Å²) in [5.41, 5.74) is 6.79. The Morgan fingerprint density at radius 3 is 2.80 bits per heavy atom. The fourth-order valence-corrected chi connectivity index (χ4v) is 1.15. The largest absolute Gasteiger partial charge is 0.398 e. The van der Waals surface area contributed by atoms with E-state index in [1.807, 2.05) is 0 Å². The quantitative estimate of drug-likeness (QED) is 0.308. The lowest BCUT2D eigenvalue weighted by molar-refractivity contribution is -0.385. The molecule has 0 saturated carbocycles. The molecule has 0 unspecified atom stereocenters. The number of aliphatic hydroxyl groups excluding tert-OH is 1. The number of nitrogens with two attached hydrogens (primary N) is 1. The van der Waals surface area contributed by atoms with E-state index in [4.69, 9.17) is 10.8 Å². The number of aliphatic hydroxyl groups is 1. The van der Waals surface area contributed by atoms with Crippen LogP contribution in [0.2, 0.25) is 0 Å². The van der Waals surface area contributed by atoms with Crippen LogP contribution < -0.4 is 5.73 Å². The first-order valence-corrected chi connectivity index (χ1v) is 4.20. The summed E-state index contributed by atoms with van der Waals surface area (Å²) in [5, 5.41) is 19.1. The van der Waals surface area contributed by atoms with E-state index >= 15 is 0 Å². The van der Waals surface area contributed by atoms with Crippen molar-refractivity contribution in [3.63, 3.8) is 0 Å². The molecule has 1 aromatic carbocycles. The molecule has 78 valence electrons. The summed E-state index contributed by atoms with van der Waals surface area (Å²) in [7, 11) is 0. The lowest BCUT2D eigenvalue weighted by atomic mass is 10.1. The summed E-state index contributed by atoms with van der Waals surface area (Å²) < 4.78 is 0. The number of hydrogen-bond acceptors (Lipinski definition) is 4. The van der Waals surface area contributed by atoms with Crippen LogP contribution in [0.15, 0.2) is 12.1 Å². The van der Waals surface area contributed by atoms with Crippen molar-refractivity contribution >= 4 is 11.4 Å². The van der Waals surface area contributed by atoms with Crippen molar-refractivity contribution < 1.29 is 10.0 Å². The first-order chi connectivity index (χ1) is 7.06. The van der Waals surface area contributed by atoms with Gasteiger partial charge in [0.05, 0.1) is 10.6 Å². The van der Waals surface area contributed by atoms with Gasteiger partial charge in [0.25, 0.3) is 5.69 Å². The Labute approximate surface area is 86.7 Å². The van der Waals surface area contributed by atoms with Crippen LogP contribution in [0.5, 0.6) is 0 Å². The van der Waals surface area contributed by atoms with E-state index in [2.05, 4.69) is 11.8 Å². The Morgan fingerprint density at radius 2 is 2.27 bits per heavy atom. The molecule has 1 aromatic rings. The van der Waals surface area contributed by atoms with Gasteiger partial charge in [-0.05, 0) is 13.0 Å². The van der Waals surface area contributed by atoms with Crippen molar-refractivity contribution in [2.24, 2.45) is 0 Å². The zero-order valence-corrected chi connectivity index (χ0v) is 8.15. The zero-order chi connectivity index (χ0) is 11.4. The van der Waals surface area contributed by atoms with Gasteiger partial charge in [0.15, 0.2) is 0 Å². The third-order valence-corrected chi connectivity index (χ3v) is 1.87. The van der Waals surface area contributed by atoms with Crippen LogP contribution in [0, 0.1) is 28.9 Å². The van der Waals surface area contributed by atoms with E-state index in [1.165, 1.54) is 12.1 Å². The molecule has 5 nitrogen and oxygen atoms in total. The van der Waals surface area contributed by atoms with Gasteiger partial charge in [0, 0.05) is 17.2 Å². The summed E-state index contributed by atoms with van der Waals surface area (Å²) in [6, 6.07) is 2.81. The van der Waals surface area contributed by atoms with Gasteiger partial charge in [0.1, 0.15) is 6.61 Å². The van der Waals surface area contributed by atoms with Crippen LogP contribution in [0.4, 0.5) is 11.4 Å². The highest BCUT2D eigenvalue weighted by molar-refractivity contribution is 5.63. The molecule has 0 aliphatic carbocycles. The lowest BCUT2D eigenvalue weighted by Gasteiger charge is -2.01. The Balaban J connectivity index is 3.25. The van der Waals surface area contributed by atoms with Crippen LogP contribution >= 0.6 is 0 Å². The molecule has 1 rings (SSSR count). The highest BCUT2D eigenvalue weighted by Gasteiger charge is 2.12. The Kier molecular flexibility index (Phi) is 3.26. The second-order valence-corrected chi connectivity index (χ2v) is 2.94. The summed E-state index contributed by atoms with van der Waals surface area (Å²) in [6.07, 6.45) is 0. The van der Waals surface area contributed by atoms with Crippen molar-refractivity contribution in [2.75, 3.05) is 12.3 Å². The number of anilines is 1. The third-order valence-electron chi connectivity index (χ3n) is 1.87. The number of nitrogen functional groups attached to an aromatic ring is 1. The highest BCUT2D eigenvalue weighted by atomic mass is 16.6. The maximum Gasteiger partial charge on any atom is 0.274 e. The Morgan fingerprint density at radius 1 is 1.60 bits per heavy atom. The molecule has 0 spiro atoms. The second kappa shape index (κ2) is 4.44. The van der Waals surface area contributed by atoms with Crippen molar-refractivity contribution in [1.82, 2.24) is 0 Å². The predicted octanol–water partition coefficient (Wildman–Crippen LogP) is 0.829. The molecule has 0 aliphatic heterocycles. The molecular formula is C10H10N2O3. The average molecular weight is 206 g/mol. The van der Waals surface area contributed by atoms with E-state index in [9.17, 15) is 10.1 Å². The topological polar surface area (TPSA) is 89.4 Å². The van der Waals surface area contributed by atoms with Gasteiger partial charge in [-0.15, -0.1) is 0 Å². The van der Waals surface area contributed by atoms with E-state index < -0.39 is 4.92 Å². The minimum absolute atomic E-state index is 0.0259. The first kappa shape index (κ1) is 11.0. The smallest absolute Gasteiger partial charge is 0.274 e. The van der Waals surface area contributed by atoms with Gasteiger partial charge in [-0.2, -0.15) is 0 Å². The molecule has 0 radical (unpaired) electrons. The van der Waals surface area contributed by atoms with E-state index in [0.717, 1.165) is 0 Å². The number of nitrogens with zero attached hydrogens (tertiary/aromatic N) is 1. The fraction of sp³-hybridized carbons (Fsp3) is 0.200. The van der Waals surface area contributed by atoms with E-state index in [0.29, 0.717) is 11.1 Å². The molecule has 0 aliphatic rings. The van der Waals surface area contributed by atoms with E-state index in [-0.39, 0.29) is 18.0 Å². The van der Waals surface area contributed by atoms with Crippen molar-refractivity contribution in [3.05, 3.63) is 33.4 Å². The second-order valence-electron chi connectivity index (χ2n) is 2.94. The van der Waals surface area contributed by atoms with Crippen LogP contribution in [0.3, 0.4) is 0 Å². The average Bonchev–Trinajstić information content (AvgIpc) is 2.18. The molecule has 0 bridgehead atoms. The highest BCUT2D eigenvalue weighted by Crippen LogP contribution is 2.23. The molecule has 0 saturated heterocycles.